The second-order valence-corrected chi connectivity index (χ2v) is 7.08. The molecule has 7 heteroatoms. The third kappa shape index (κ3) is 4.54. The summed E-state index contributed by atoms with van der Waals surface area (Å²) in [5.41, 5.74) is 3.34. The van der Waals surface area contributed by atoms with Crippen LogP contribution in [0.4, 0.5) is 5.69 Å². The maximum Gasteiger partial charge on any atom is 0.225 e. The minimum Gasteiger partial charge on any atom is -0.326 e. The molecular formula is C20H19N5OS. The third-order valence-corrected chi connectivity index (χ3v) is 5.08. The quantitative estimate of drug-likeness (QED) is 0.661. The molecule has 0 radical (unpaired) electrons. The first kappa shape index (κ1) is 18.7. The van der Waals surface area contributed by atoms with Crippen molar-refractivity contribution < 1.29 is 4.79 Å². The summed E-state index contributed by atoms with van der Waals surface area (Å²) in [5, 5.41) is 21.0. The number of amides is 1. The topological polar surface area (TPSA) is 83.6 Å². The van der Waals surface area contributed by atoms with Gasteiger partial charge in [-0.1, -0.05) is 42.1 Å². The van der Waals surface area contributed by atoms with Gasteiger partial charge >= 0.3 is 0 Å². The van der Waals surface area contributed by atoms with Crippen molar-refractivity contribution in [3.05, 3.63) is 59.7 Å². The minimum absolute atomic E-state index is 0.0983. The van der Waals surface area contributed by atoms with E-state index < -0.39 is 0 Å². The standard InChI is InChI=1S/C20H19N5OS/c1-14-6-3-4-9-17(14)19-23-24-20(25(19)2)27-11-10-18(26)22-16-8-5-7-15(12-16)13-21/h3-9,12H,10-11H2,1-2H3,(H,22,26). The molecule has 2 aromatic carbocycles. The first-order valence-corrected chi connectivity index (χ1v) is 9.45. The average molecular weight is 377 g/mol. The number of carbonyl (C=O) groups is 1. The Bertz CT molecular complexity index is 1010. The Hall–Kier alpha value is -3.11. The number of nitrogens with one attached hydrogen (secondary N) is 1. The summed E-state index contributed by atoms with van der Waals surface area (Å²) in [6.07, 6.45) is 0.341. The lowest BCUT2D eigenvalue weighted by Gasteiger charge is -2.07. The fourth-order valence-corrected chi connectivity index (χ4v) is 3.47. The van der Waals surface area contributed by atoms with E-state index in [0.717, 1.165) is 22.1 Å². The molecule has 0 unspecified atom stereocenters. The molecule has 0 atom stereocenters. The lowest BCUT2D eigenvalue weighted by Crippen LogP contribution is -2.12. The number of rotatable bonds is 6. The molecule has 0 saturated heterocycles. The van der Waals surface area contributed by atoms with Gasteiger partial charge in [0.2, 0.25) is 5.91 Å². The average Bonchev–Trinajstić information content (AvgIpc) is 3.03. The number of thioether (sulfide) groups is 1. The van der Waals surface area contributed by atoms with E-state index in [1.165, 1.54) is 11.8 Å². The van der Waals surface area contributed by atoms with Gasteiger partial charge in [-0.25, -0.2) is 0 Å². The first-order valence-electron chi connectivity index (χ1n) is 8.46. The molecule has 1 heterocycles. The molecule has 136 valence electrons. The van der Waals surface area contributed by atoms with Gasteiger partial charge in [-0.3, -0.25) is 4.79 Å². The van der Waals surface area contributed by atoms with Crippen LogP contribution in [0.25, 0.3) is 11.4 Å². The number of aryl methyl sites for hydroxylation is 1. The SMILES string of the molecule is Cc1ccccc1-c1nnc(SCCC(=O)Nc2cccc(C#N)c2)n1C. The molecule has 0 bridgehead atoms. The summed E-state index contributed by atoms with van der Waals surface area (Å²) in [6.45, 7) is 2.04. The van der Waals surface area contributed by atoms with Crippen LogP contribution < -0.4 is 5.32 Å². The van der Waals surface area contributed by atoms with Gasteiger partial charge in [0.1, 0.15) is 0 Å². The van der Waals surface area contributed by atoms with Crippen molar-refractivity contribution in [2.75, 3.05) is 11.1 Å². The van der Waals surface area contributed by atoms with Gasteiger partial charge in [-0.2, -0.15) is 5.26 Å². The van der Waals surface area contributed by atoms with Crippen molar-refractivity contribution in [3.8, 4) is 17.5 Å². The Morgan fingerprint density at radius 1 is 1.22 bits per heavy atom. The molecule has 0 aliphatic carbocycles. The zero-order chi connectivity index (χ0) is 19.2. The van der Waals surface area contributed by atoms with Crippen LogP contribution in [0.2, 0.25) is 0 Å². The van der Waals surface area contributed by atoms with Crippen molar-refractivity contribution >= 4 is 23.4 Å². The van der Waals surface area contributed by atoms with E-state index in [-0.39, 0.29) is 5.91 Å². The first-order chi connectivity index (χ1) is 13.1. The Morgan fingerprint density at radius 2 is 2.04 bits per heavy atom. The lowest BCUT2D eigenvalue weighted by molar-refractivity contribution is -0.115. The monoisotopic (exact) mass is 377 g/mol. The molecule has 3 rings (SSSR count). The zero-order valence-electron chi connectivity index (χ0n) is 15.1. The number of aromatic nitrogens is 3. The summed E-state index contributed by atoms with van der Waals surface area (Å²) < 4.78 is 1.95. The molecule has 6 nitrogen and oxygen atoms in total. The maximum absolute atomic E-state index is 12.1. The molecule has 0 spiro atoms. The predicted octanol–water partition coefficient (Wildman–Crippen LogP) is 3.78. The number of nitrogens with zero attached hydrogens (tertiary/aromatic N) is 4. The van der Waals surface area contributed by atoms with E-state index in [9.17, 15) is 4.79 Å². The largest absolute Gasteiger partial charge is 0.326 e. The number of nitriles is 1. The van der Waals surface area contributed by atoms with Crippen LogP contribution in [0.15, 0.2) is 53.7 Å². The smallest absolute Gasteiger partial charge is 0.225 e. The van der Waals surface area contributed by atoms with Crippen LogP contribution in [0.5, 0.6) is 0 Å². The second kappa shape index (κ2) is 8.52. The van der Waals surface area contributed by atoms with Crippen LogP contribution in [0.3, 0.4) is 0 Å². The molecule has 0 aliphatic rings. The van der Waals surface area contributed by atoms with E-state index in [2.05, 4.69) is 21.6 Å². The number of benzene rings is 2. The highest BCUT2D eigenvalue weighted by atomic mass is 32.2. The molecule has 1 aromatic heterocycles. The van der Waals surface area contributed by atoms with Crippen molar-refractivity contribution in [1.82, 2.24) is 14.8 Å². The Balaban J connectivity index is 1.57. The predicted molar refractivity (Wildman–Crippen MR) is 106 cm³/mol. The Labute approximate surface area is 162 Å². The van der Waals surface area contributed by atoms with E-state index in [1.807, 2.05) is 42.8 Å². The van der Waals surface area contributed by atoms with Gasteiger partial charge in [-0.15, -0.1) is 10.2 Å². The van der Waals surface area contributed by atoms with E-state index >= 15 is 0 Å². The molecule has 0 saturated carbocycles. The Kier molecular flexibility index (Phi) is 5.89. The number of hydrogen-bond acceptors (Lipinski definition) is 5. The van der Waals surface area contributed by atoms with E-state index in [0.29, 0.717) is 23.4 Å². The summed E-state index contributed by atoms with van der Waals surface area (Å²) in [7, 11) is 1.93. The molecule has 27 heavy (non-hydrogen) atoms. The summed E-state index contributed by atoms with van der Waals surface area (Å²) in [5.74, 6) is 1.30. The molecule has 0 aliphatic heterocycles. The van der Waals surface area contributed by atoms with Crippen molar-refractivity contribution in [2.24, 2.45) is 7.05 Å². The van der Waals surface area contributed by atoms with E-state index in [1.54, 1.807) is 24.3 Å². The van der Waals surface area contributed by atoms with Gasteiger partial charge in [-0.05, 0) is 30.7 Å². The van der Waals surface area contributed by atoms with Gasteiger partial charge in [0.25, 0.3) is 0 Å². The fourth-order valence-electron chi connectivity index (χ4n) is 2.62. The third-order valence-electron chi connectivity index (χ3n) is 4.06. The molecular weight excluding hydrogens is 358 g/mol. The summed E-state index contributed by atoms with van der Waals surface area (Å²) in [6, 6.07) is 17.0. The van der Waals surface area contributed by atoms with Crippen LogP contribution in [-0.2, 0) is 11.8 Å². The van der Waals surface area contributed by atoms with Crippen LogP contribution in [0.1, 0.15) is 17.5 Å². The highest BCUT2D eigenvalue weighted by molar-refractivity contribution is 7.99. The van der Waals surface area contributed by atoms with Crippen molar-refractivity contribution in [1.29, 1.82) is 5.26 Å². The van der Waals surface area contributed by atoms with Crippen LogP contribution in [-0.4, -0.2) is 26.4 Å². The fraction of sp³-hybridized carbons (Fsp3) is 0.200. The van der Waals surface area contributed by atoms with Gasteiger partial charge in [0.05, 0.1) is 11.6 Å². The highest BCUT2D eigenvalue weighted by Crippen LogP contribution is 2.25. The molecule has 0 fully saturated rings. The maximum atomic E-state index is 12.1. The number of hydrogen-bond donors (Lipinski definition) is 1. The van der Waals surface area contributed by atoms with E-state index in [4.69, 9.17) is 5.26 Å². The minimum atomic E-state index is -0.0983. The van der Waals surface area contributed by atoms with Crippen LogP contribution >= 0.6 is 11.8 Å². The van der Waals surface area contributed by atoms with Gasteiger partial charge in [0, 0.05) is 30.5 Å². The van der Waals surface area contributed by atoms with Crippen LogP contribution in [0, 0.1) is 18.3 Å². The van der Waals surface area contributed by atoms with Gasteiger partial charge < -0.3 is 9.88 Å². The van der Waals surface area contributed by atoms with Crippen molar-refractivity contribution in [2.45, 2.75) is 18.5 Å². The Morgan fingerprint density at radius 3 is 2.81 bits per heavy atom. The summed E-state index contributed by atoms with van der Waals surface area (Å²) >= 11 is 1.49. The normalized spacial score (nSPS) is 10.4. The van der Waals surface area contributed by atoms with Crippen molar-refractivity contribution in [3.63, 3.8) is 0 Å². The van der Waals surface area contributed by atoms with Gasteiger partial charge in [0.15, 0.2) is 11.0 Å². The molecule has 1 N–H and O–H groups in total. The second-order valence-electron chi connectivity index (χ2n) is 6.02. The molecule has 1 amide bonds. The zero-order valence-corrected chi connectivity index (χ0v) is 16.0. The summed E-state index contributed by atoms with van der Waals surface area (Å²) in [4.78, 5) is 12.1. The number of carbonyl (C=O) groups excluding carboxylic acids is 1. The number of anilines is 1. The lowest BCUT2D eigenvalue weighted by atomic mass is 10.1. The molecule has 3 aromatic rings. The highest BCUT2D eigenvalue weighted by Gasteiger charge is 2.13.